The van der Waals surface area contributed by atoms with Crippen LogP contribution >= 0.6 is 0 Å². The van der Waals surface area contributed by atoms with Crippen LogP contribution in [-0.2, 0) is 19.2 Å². The van der Waals surface area contributed by atoms with Gasteiger partial charge in [0.2, 0.25) is 17.7 Å². The molecule has 2 aliphatic heterocycles. The summed E-state index contributed by atoms with van der Waals surface area (Å²) in [6, 6.07) is 12.3. The van der Waals surface area contributed by atoms with E-state index in [0.717, 1.165) is 42.5 Å². The molecule has 7 nitrogen and oxygen atoms in total. The fourth-order valence-electron chi connectivity index (χ4n) is 5.49. The van der Waals surface area contributed by atoms with E-state index in [1.807, 2.05) is 32.0 Å². The number of benzene rings is 2. The van der Waals surface area contributed by atoms with Crippen molar-refractivity contribution in [2.75, 3.05) is 16.3 Å². The van der Waals surface area contributed by atoms with Crippen molar-refractivity contribution in [3.63, 3.8) is 0 Å². The number of rotatable bonds is 4. The van der Waals surface area contributed by atoms with Gasteiger partial charge in [-0.3, -0.25) is 24.1 Å². The highest BCUT2D eigenvalue weighted by Crippen LogP contribution is 2.40. The predicted octanol–water partition coefficient (Wildman–Crippen LogP) is 3.94. The summed E-state index contributed by atoms with van der Waals surface area (Å²) >= 11 is 0. The number of hydrogen-bond donors (Lipinski definition) is 0. The number of carbonyl (C=O) groups excluding carboxylic acids is 4. The van der Waals surface area contributed by atoms with Crippen LogP contribution in [0.5, 0.6) is 5.75 Å². The van der Waals surface area contributed by atoms with Crippen LogP contribution in [0.25, 0.3) is 0 Å². The molecule has 2 heterocycles. The highest BCUT2D eigenvalue weighted by Gasteiger charge is 2.48. The second kappa shape index (κ2) is 8.70. The summed E-state index contributed by atoms with van der Waals surface area (Å²) in [5, 5.41) is 0. The zero-order valence-electron chi connectivity index (χ0n) is 19.5. The van der Waals surface area contributed by atoms with Crippen molar-refractivity contribution in [1.82, 2.24) is 0 Å². The molecule has 0 unspecified atom stereocenters. The molecular weight excluding hydrogens is 432 g/mol. The third-order valence-corrected chi connectivity index (χ3v) is 7.26. The van der Waals surface area contributed by atoms with E-state index in [2.05, 4.69) is 0 Å². The standard InChI is InChI=1S/C27H28N2O5/c1-16-7-12-23(17(2)13-16)28-15-18(14-24(28)30)27(33)34-20-10-8-19(9-11-20)29-25(31)21-5-3-4-6-22(21)26(29)32/h7-13,18,21-22H,3-6,14-15H2,1-2H3/t18-,21-,22+/m1/s1. The van der Waals surface area contributed by atoms with Gasteiger partial charge in [0.05, 0.1) is 23.4 Å². The maximum Gasteiger partial charge on any atom is 0.316 e. The van der Waals surface area contributed by atoms with Gasteiger partial charge in [0.25, 0.3) is 0 Å². The van der Waals surface area contributed by atoms with E-state index in [1.165, 1.54) is 4.90 Å². The molecule has 3 amide bonds. The van der Waals surface area contributed by atoms with E-state index in [9.17, 15) is 19.2 Å². The van der Waals surface area contributed by atoms with Crippen molar-refractivity contribution < 1.29 is 23.9 Å². The largest absolute Gasteiger partial charge is 0.426 e. The average molecular weight is 461 g/mol. The monoisotopic (exact) mass is 460 g/mol. The number of hydrogen-bond acceptors (Lipinski definition) is 5. The van der Waals surface area contributed by atoms with E-state index in [-0.39, 0.29) is 42.5 Å². The molecule has 0 N–H and O–H groups in total. The van der Waals surface area contributed by atoms with Crippen molar-refractivity contribution in [3.8, 4) is 5.75 Å². The maximum atomic E-state index is 12.8. The molecule has 34 heavy (non-hydrogen) atoms. The summed E-state index contributed by atoms with van der Waals surface area (Å²) in [6.07, 6.45) is 3.59. The Morgan fingerprint density at radius 2 is 1.56 bits per heavy atom. The molecule has 2 saturated heterocycles. The van der Waals surface area contributed by atoms with E-state index in [4.69, 9.17) is 4.74 Å². The van der Waals surface area contributed by atoms with Crippen molar-refractivity contribution in [2.45, 2.75) is 46.0 Å². The van der Waals surface area contributed by atoms with Crippen molar-refractivity contribution in [2.24, 2.45) is 17.8 Å². The Kier molecular flexibility index (Phi) is 5.71. The molecule has 3 fully saturated rings. The summed E-state index contributed by atoms with van der Waals surface area (Å²) in [5.41, 5.74) is 3.42. The molecular formula is C27H28N2O5. The number of esters is 1. The number of fused-ring (bicyclic) bond motifs is 1. The summed E-state index contributed by atoms with van der Waals surface area (Å²) < 4.78 is 5.54. The van der Waals surface area contributed by atoms with Crippen LogP contribution in [0.15, 0.2) is 42.5 Å². The predicted molar refractivity (Wildman–Crippen MR) is 126 cm³/mol. The topological polar surface area (TPSA) is 84.0 Å². The fraction of sp³-hybridized carbons (Fsp3) is 0.407. The van der Waals surface area contributed by atoms with Crippen LogP contribution in [0.3, 0.4) is 0 Å². The number of amides is 3. The summed E-state index contributed by atoms with van der Waals surface area (Å²) in [4.78, 5) is 53.9. The highest BCUT2D eigenvalue weighted by atomic mass is 16.5. The second-order valence-corrected chi connectivity index (χ2v) is 9.62. The van der Waals surface area contributed by atoms with Gasteiger partial charge in [0.1, 0.15) is 5.75 Å². The van der Waals surface area contributed by atoms with Gasteiger partial charge in [0.15, 0.2) is 0 Å². The van der Waals surface area contributed by atoms with Crippen LogP contribution in [0.1, 0.15) is 43.2 Å². The lowest BCUT2D eigenvalue weighted by Gasteiger charge is -2.19. The molecule has 3 aliphatic rings. The van der Waals surface area contributed by atoms with E-state index < -0.39 is 11.9 Å². The van der Waals surface area contributed by atoms with Crippen molar-refractivity contribution in [3.05, 3.63) is 53.6 Å². The molecule has 176 valence electrons. The first-order chi connectivity index (χ1) is 16.3. The zero-order valence-corrected chi connectivity index (χ0v) is 19.5. The van der Waals surface area contributed by atoms with Gasteiger partial charge in [-0.05, 0) is 62.6 Å². The van der Waals surface area contributed by atoms with Crippen LogP contribution in [0.4, 0.5) is 11.4 Å². The molecule has 2 aromatic carbocycles. The lowest BCUT2D eigenvalue weighted by atomic mass is 9.81. The molecule has 0 aromatic heterocycles. The maximum absolute atomic E-state index is 12.8. The smallest absolute Gasteiger partial charge is 0.316 e. The van der Waals surface area contributed by atoms with Crippen molar-refractivity contribution in [1.29, 1.82) is 0 Å². The minimum Gasteiger partial charge on any atom is -0.426 e. The Labute approximate surface area is 198 Å². The van der Waals surface area contributed by atoms with Gasteiger partial charge < -0.3 is 9.64 Å². The van der Waals surface area contributed by atoms with E-state index >= 15 is 0 Å². The molecule has 1 saturated carbocycles. The first-order valence-corrected chi connectivity index (χ1v) is 11.9. The van der Waals surface area contributed by atoms with Gasteiger partial charge in [0, 0.05) is 18.7 Å². The quantitative estimate of drug-likeness (QED) is 0.392. The Balaban J connectivity index is 1.25. The van der Waals surface area contributed by atoms with E-state index in [0.29, 0.717) is 11.4 Å². The number of aryl methyl sites for hydroxylation is 2. The van der Waals surface area contributed by atoms with Gasteiger partial charge in [-0.1, -0.05) is 30.5 Å². The lowest BCUT2D eigenvalue weighted by Crippen LogP contribution is -2.30. The molecule has 2 aromatic rings. The Morgan fingerprint density at radius 3 is 2.18 bits per heavy atom. The number of anilines is 2. The zero-order chi connectivity index (χ0) is 24.0. The summed E-state index contributed by atoms with van der Waals surface area (Å²) in [5.74, 6) is -1.48. The summed E-state index contributed by atoms with van der Waals surface area (Å²) in [6.45, 7) is 4.23. The Hall–Kier alpha value is -3.48. The molecule has 1 aliphatic carbocycles. The van der Waals surface area contributed by atoms with Gasteiger partial charge >= 0.3 is 5.97 Å². The van der Waals surface area contributed by atoms with Gasteiger partial charge in [-0.15, -0.1) is 0 Å². The van der Waals surface area contributed by atoms with Crippen LogP contribution in [-0.4, -0.2) is 30.2 Å². The van der Waals surface area contributed by atoms with Crippen LogP contribution < -0.4 is 14.5 Å². The number of carbonyl (C=O) groups is 4. The van der Waals surface area contributed by atoms with E-state index in [1.54, 1.807) is 29.2 Å². The minimum atomic E-state index is -0.558. The Morgan fingerprint density at radius 1 is 0.912 bits per heavy atom. The molecule has 5 rings (SSSR count). The number of imide groups is 1. The fourth-order valence-corrected chi connectivity index (χ4v) is 5.49. The minimum absolute atomic E-state index is 0.100. The molecule has 7 heteroatoms. The molecule has 0 radical (unpaired) electrons. The third kappa shape index (κ3) is 3.89. The van der Waals surface area contributed by atoms with Crippen LogP contribution in [0, 0.1) is 31.6 Å². The first-order valence-electron chi connectivity index (χ1n) is 11.9. The van der Waals surface area contributed by atoms with Gasteiger partial charge in [-0.2, -0.15) is 0 Å². The SMILES string of the molecule is Cc1ccc(N2C[C@H](C(=O)Oc3ccc(N4C(=O)[C@H]5CCCC[C@H]5C4=O)cc3)CC2=O)c(C)c1. The van der Waals surface area contributed by atoms with Crippen molar-refractivity contribution >= 4 is 35.1 Å². The Bertz CT molecular complexity index is 1150. The summed E-state index contributed by atoms with van der Waals surface area (Å²) in [7, 11) is 0. The normalized spacial score (nSPS) is 24.5. The number of ether oxygens (including phenoxy) is 1. The second-order valence-electron chi connectivity index (χ2n) is 9.62. The number of nitrogens with zero attached hydrogens (tertiary/aromatic N) is 2. The highest BCUT2D eigenvalue weighted by molar-refractivity contribution is 6.22. The average Bonchev–Trinajstić information content (AvgIpc) is 3.32. The molecule has 0 spiro atoms. The van der Waals surface area contributed by atoms with Crippen LogP contribution in [0.2, 0.25) is 0 Å². The third-order valence-electron chi connectivity index (χ3n) is 7.26. The molecule has 3 atom stereocenters. The molecule has 0 bridgehead atoms. The van der Waals surface area contributed by atoms with Gasteiger partial charge in [-0.25, -0.2) is 0 Å². The lowest BCUT2D eigenvalue weighted by molar-refractivity contribution is -0.139. The first kappa shape index (κ1) is 22.3.